The van der Waals surface area contributed by atoms with Crippen molar-refractivity contribution in [2.24, 2.45) is 5.41 Å². The van der Waals surface area contributed by atoms with E-state index in [1.165, 1.54) is 6.33 Å². The molecule has 0 radical (unpaired) electrons. The molecule has 0 amide bonds. The summed E-state index contributed by atoms with van der Waals surface area (Å²) in [6, 6.07) is 7.25. The van der Waals surface area contributed by atoms with E-state index < -0.39 is 6.23 Å². The maximum Gasteiger partial charge on any atom is 0.219 e. The van der Waals surface area contributed by atoms with Crippen molar-refractivity contribution in [2.75, 3.05) is 6.61 Å². The molecular formula is C16H22ClN3O2. The van der Waals surface area contributed by atoms with Gasteiger partial charge in [-0.3, -0.25) is 0 Å². The fraction of sp³-hybridized carbons (Fsp3) is 0.500. The third-order valence-corrected chi connectivity index (χ3v) is 3.48. The summed E-state index contributed by atoms with van der Waals surface area (Å²) in [7, 11) is 0. The highest BCUT2D eigenvalue weighted by Gasteiger charge is 2.36. The normalized spacial score (nSPS) is 14.6. The molecule has 22 heavy (non-hydrogen) atoms. The number of ether oxygens (including phenoxy) is 2. The van der Waals surface area contributed by atoms with E-state index in [4.69, 9.17) is 21.1 Å². The highest BCUT2D eigenvalue weighted by Crippen LogP contribution is 2.33. The Hall–Kier alpha value is -1.59. The molecule has 0 aliphatic rings. The van der Waals surface area contributed by atoms with Gasteiger partial charge in [-0.05, 0) is 36.6 Å². The molecule has 0 saturated carbocycles. The molecule has 5 nitrogen and oxygen atoms in total. The number of halogens is 1. The van der Waals surface area contributed by atoms with Crippen molar-refractivity contribution in [1.82, 2.24) is 14.8 Å². The van der Waals surface area contributed by atoms with E-state index in [9.17, 15) is 0 Å². The average molecular weight is 324 g/mol. The topological polar surface area (TPSA) is 49.2 Å². The molecule has 1 aromatic heterocycles. The third kappa shape index (κ3) is 4.21. The van der Waals surface area contributed by atoms with E-state index in [0.717, 1.165) is 0 Å². The maximum absolute atomic E-state index is 6.13. The van der Waals surface area contributed by atoms with E-state index in [0.29, 0.717) is 17.4 Å². The Morgan fingerprint density at radius 1 is 1.23 bits per heavy atom. The van der Waals surface area contributed by atoms with Gasteiger partial charge in [-0.15, -0.1) is 0 Å². The summed E-state index contributed by atoms with van der Waals surface area (Å²) in [6.07, 6.45) is 2.53. The van der Waals surface area contributed by atoms with Gasteiger partial charge in [0.1, 0.15) is 24.5 Å². The lowest BCUT2D eigenvalue weighted by molar-refractivity contribution is -0.111. The van der Waals surface area contributed by atoms with E-state index in [1.807, 2.05) is 19.1 Å². The first kappa shape index (κ1) is 16.8. The van der Waals surface area contributed by atoms with Crippen LogP contribution in [-0.2, 0) is 4.74 Å². The first-order chi connectivity index (χ1) is 10.4. The van der Waals surface area contributed by atoms with Crippen molar-refractivity contribution in [3.05, 3.63) is 41.9 Å². The number of hydrogen-bond acceptors (Lipinski definition) is 4. The molecule has 0 spiro atoms. The molecule has 1 heterocycles. The fourth-order valence-electron chi connectivity index (χ4n) is 2.20. The van der Waals surface area contributed by atoms with Crippen LogP contribution in [0.4, 0.5) is 0 Å². The van der Waals surface area contributed by atoms with Crippen LogP contribution < -0.4 is 4.74 Å². The maximum atomic E-state index is 6.13. The molecule has 0 bridgehead atoms. The first-order valence-corrected chi connectivity index (χ1v) is 7.67. The van der Waals surface area contributed by atoms with Gasteiger partial charge in [-0.2, -0.15) is 5.10 Å². The van der Waals surface area contributed by atoms with Gasteiger partial charge in [0.2, 0.25) is 6.23 Å². The smallest absolute Gasteiger partial charge is 0.219 e. The molecule has 0 saturated heterocycles. The molecular weight excluding hydrogens is 302 g/mol. The van der Waals surface area contributed by atoms with Gasteiger partial charge in [0.05, 0.1) is 0 Å². The second-order valence-electron chi connectivity index (χ2n) is 6.08. The monoisotopic (exact) mass is 323 g/mol. The molecule has 0 aliphatic heterocycles. The van der Waals surface area contributed by atoms with Gasteiger partial charge in [0.25, 0.3) is 0 Å². The molecule has 2 atom stereocenters. The second kappa shape index (κ2) is 7.11. The average Bonchev–Trinajstić information content (AvgIpc) is 2.97. The first-order valence-electron chi connectivity index (χ1n) is 7.29. The van der Waals surface area contributed by atoms with Crippen molar-refractivity contribution in [1.29, 1.82) is 0 Å². The quantitative estimate of drug-likeness (QED) is 0.807. The molecule has 2 aromatic rings. The minimum atomic E-state index is -0.413. The SMILES string of the molecule is CCOC(C(Oc1ccc(Cl)cc1)n1cncn1)C(C)(C)C. The molecule has 1 aromatic carbocycles. The Bertz CT molecular complexity index is 564. The van der Waals surface area contributed by atoms with Crippen LogP contribution in [0.25, 0.3) is 0 Å². The van der Waals surface area contributed by atoms with Gasteiger partial charge in [-0.1, -0.05) is 32.4 Å². The molecule has 0 aliphatic carbocycles. The summed E-state index contributed by atoms with van der Waals surface area (Å²) >= 11 is 5.92. The number of rotatable bonds is 6. The van der Waals surface area contributed by atoms with Crippen LogP contribution in [0.2, 0.25) is 5.02 Å². The van der Waals surface area contributed by atoms with Crippen molar-refractivity contribution in [2.45, 2.75) is 40.0 Å². The minimum Gasteiger partial charge on any atom is -0.466 e. The van der Waals surface area contributed by atoms with Crippen molar-refractivity contribution < 1.29 is 9.47 Å². The molecule has 0 N–H and O–H groups in total. The Morgan fingerprint density at radius 2 is 1.91 bits per heavy atom. The van der Waals surface area contributed by atoms with Crippen LogP contribution >= 0.6 is 11.6 Å². The molecule has 2 rings (SSSR count). The predicted octanol–water partition coefficient (Wildman–Crippen LogP) is 3.96. The van der Waals surface area contributed by atoms with Crippen LogP contribution in [0.15, 0.2) is 36.9 Å². The zero-order chi connectivity index (χ0) is 16.2. The van der Waals surface area contributed by atoms with Crippen LogP contribution in [0.5, 0.6) is 5.75 Å². The standard InChI is InChI=1S/C16H22ClN3O2/c1-5-21-14(16(2,3)4)15(20-11-18-10-19-20)22-13-8-6-12(17)7-9-13/h6-11,14-15H,5H2,1-4H3. The Morgan fingerprint density at radius 3 is 2.41 bits per heavy atom. The Balaban J connectivity index is 2.31. The molecule has 6 heteroatoms. The van der Waals surface area contributed by atoms with E-state index in [1.54, 1.807) is 23.1 Å². The van der Waals surface area contributed by atoms with E-state index >= 15 is 0 Å². The van der Waals surface area contributed by atoms with Gasteiger partial charge < -0.3 is 9.47 Å². The van der Waals surface area contributed by atoms with Crippen LogP contribution in [0, 0.1) is 5.41 Å². The number of hydrogen-bond donors (Lipinski definition) is 0. The summed E-state index contributed by atoms with van der Waals surface area (Å²) in [4.78, 5) is 4.02. The number of aromatic nitrogens is 3. The lowest BCUT2D eigenvalue weighted by Gasteiger charge is -2.36. The molecule has 2 unspecified atom stereocenters. The second-order valence-corrected chi connectivity index (χ2v) is 6.52. The molecule has 0 fully saturated rings. The fourth-order valence-corrected chi connectivity index (χ4v) is 2.32. The highest BCUT2D eigenvalue weighted by atomic mass is 35.5. The lowest BCUT2D eigenvalue weighted by Crippen LogP contribution is -2.41. The third-order valence-electron chi connectivity index (χ3n) is 3.23. The minimum absolute atomic E-state index is 0.126. The van der Waals surface area contributed by atoms with Gasteiger partial charge in [-0.25, -0.2) is 9.67 Å². The van der Waals surface area contributed by atoms with E-state index in [-0.39, 0.29) is 11.5 Å². The summed E-state index contributed by atoms with van der Waals surface area (Å²) in [6.45, 7) is 8.91. The van der Waals surface area contributed by atoms with Gasteiger partial charge >= 0.3 is 0 Å². The van der Waals surface area contributed by atoms with Gasteiger partial charge in [0.15, 0.2) is 0 Å². The number of nitrogens with zero attached hydrogens (tertiary/aromatic N) is 3. The van der Waals surface area contributed by atoms with Crippen LogP contribution in [0.3, 0.4) is 0 Å². The zero-order valence-electron chi connectivity index (χ0n) is 13.4. The van der Waals surface area contributed by atoms with Gasteiger partial charge in [0, 0.05) is 11.6 Å². The predicted molar refractivity (Wildman–Crippen MR) is 86.0 cm³/mol. The van der Waals surface area contributed by atoms with Crippen LogP contribution in [-0.4, -0.2) is 27.5 Å². The number of benzene rings is 1. The summed E-state index contributed by atoms with van der Waals surface area (Å²) in [5.74, 6) is 0.707. The summed E-state index contributed by atoms with van der Waals surface area (Å²) < 4.78 is 13.8. The van der Waals surface area contributed by atoms with E-state index in [2.05, 4.69) is 30.9 Å². The highest BCUT2D eigenvalue weighted by molar-refractivity contribution is 6.30. The zero-order valence-corrected chi connectivity index (χ0v) is 14.1. The Kier molecular flexibility index (Phi) is 5.42. The van der Waals surface area contributed by atoms with Crippen molar-refractivity contribution >= 4 is 11.6 Å². The lowest BCUT2D eigenvalue weighted by atomic mass is 9.87. The molecule has 120 valence electrons. The van der Waals surface area contributed by atoms with Crippen molar-refractivity contribution in [3.8, 4) is 5.75 Å². The summed E-state index contributed by atoms with van der Waals surface area (Å²) in [5.41, 5.74) is -0.126. The van der Waals surface area contributed by atoms with Crippen molar-refractivity contribution in [3.63, 3.8) is 0 Å². The van der Waals surface area contributed by atoms with Crippen LogP contribution in [0.1, 0.15) is 33.9 Å². The summed E-state index contributed by atoms with van der Waals surface area (Å²) in [5, 5.41) is 4.89. The largest absolute Gasteiger partial charge is 0.466 e. The Labute approximate surface area is 136 Å².